The molecular weight excluding hydrogens is 478 g/mol. The van der Waals surface area contributed by atoms with Crippen LogP contribution in [0.3, 0.4) is 0 Å². The van der Waals surface area contributed by atoms with Crippen LogP contribution in [0.4, 0.5) is 0 Å². The van der Waals surface area contributed by atoms with Crippen LogP contribution in [0.25, 0.3) is 11.3 Å². The number of ketones is 1. The first kappa shape index (κ1) is 29.1. The van der Waals surface area contributed by atoms with Gasteiger partial charge in [0.15, 0.2) is 5.78 Å². The third-order valence-corrected chi connectivity index (χ3v) is 6.36. The predicted octanol–water partition coefficient (Wildman–Crippen LogP) is 5.31. The van der Waals surface area contributed by atoms with E-state index in [9.17, 15) is 20.3 Å². The van der Waals surface area contributed by atoms with Crippen LogP contribution in [-0.2, 0) is 18.4 Å². The van der Waals surface area contributed by atoms with Crippen LogP contribution in [0.1, 0.15) is 74.8 Å². The Bertz CT molecular complexity index is 1260. The number of aromatic nitrogens is 2. The number of nitriles is 1. The van der Waals surface area contributed by atoms with Gasteiger partial charge in [-0.15, -0.1) is 0 Å². The molecule has 1 aromatic heterocycles. The fourth-order valence-corrected chi connectivity index (χ4v) is 4.56. The van der Waals surface area contributed by atoms with Crippen molar-refractivity contribution in [3.05, 3.63) is 71.2 Å². The maximum atomic E-state index is 13.1. The van der Waals surface area contributed by atoms with E-state index >= 15 is 0 Å². The Balaban J connectivity index is 1.74. The lowest BCUT2D eigenvalue weighted by Crippen LogP contribution is -2.19. The van der Waals surface area contributed by atoms with Gasteiger partial charge in [0.25, 0.3) is 0 Å². The summed E-state index contributed by atoms with van der Waals surface area (Å²) >= 11 is 0. The van der Waals surface area contributed by atoms with Crippen molar-refractivity contribution < 1.29 is 19.7 Å². The first-order chi connectivity index (χ1) is 18.0. The van der Waals surface area contributed by atoms with E-state index in [0.717, 1.165) is 22.6 Å². The van der Waals surface area contributed by atoms with Crippen LogP contribution in [0.15, 0.2) is 48.7 Å². The number of Topliss-reactive ketones (excluding diaryl/α,β-unsaturated/α-hetero) is 1. The summed E-state index contributed by atoms with van der Waals surface area (Å²) in [7, 11) is 0. The summed E-state index contributed by atoms with van der Waals surface area (Å²) in [4.78, 5) is 17.9. The summed E-state index contributed by atoms with van der Waals surface area (Å²) < 4.78 is 7.67. The second kappa shape index (κ2) is 12.9. The minimum absolute atomic E-state index is 0.00147. The quantitative estimate of drug-likeness (QED) is 0.315. The highest BCUT2D eigenvalue weighted by atomic mass is 16.5. The fourth-order valence-electron chi connectivity index (χ4n) is 4.56. The van der Waals surface area contributed by atoms with E-state index in [0.29, 0.717) is 36.3 Å². The highest BCUT2D eigenvalue weighted by Gasteiger charge is 2.22. The topological polar surface area (TPSA) is 108 Å². The van der Waals surface area contributed by atoms with Crippen LogP contribution in [0.5, 0.6) is 5.75 Å². The molecule has 0 aliphatic carbocycles. The molecule has 0 spiro atoms. The van der Waals surface area contributed by atoms with Gasteiger partial charge < -0.3 is 19.5 Å². The van der Waals surface area contributed by atoms with Crippen molar-refractivity contribution in [2.75, 3.05) is 13.2 Å². The van der Waals surface area contributed by atoms with Gasteiger partial charge in [-0.05, 0) is 56.4 Å². The zero-order chi connectivity index (χ0) is 27.9. The van der Waals surface area contributed by atoms with Gasteiger partial charge >= 0.3 is 0 Å². The van der Waals surface area contributed by atoms with E-state index in [1.807, 2.05) is 48.9 Å². The van der Waals surface area contributed by atoms with E-state index in [2.05, 4.69) is 26.8 Å². The van der Waals surface area contributed by atoms with Crippen LogP contribution in [0, 0.1) is 17.2 Å². The number of hydrogen-bond donors (Lipinski definition) is 2. The minimum Gasteiger partial charge on any atom is -0.490 e. The molecule has 202 valence electrons. The molecule has 0 bridgehead atoms. The number of aliphatic hydroxyl groups excluding tert-OH is 2. The number of imidazole rings is 1. The molecular formula is C31H39N3O4. The van der Waals surface area contributed by atoms with Crippen molar-refractivity contribution in [2.24, 2.45) is 5.92 Å². The average molecular weight is 518 g/mol. The standard InChI is InChI=1S/C31H39N3O4/c1-21(2)38-29-11-10-25(18-26(29)19-32)28(37)17-23(12-14-35)16-22-6-8-24(9-7-22)27-20-34(13-15-36)30(33-27)31(3,4)5/h6-11,18,20-21,23,35-36H,12-17H2,1-5H3/t23-/m1/s1. The number of nitrogens with zero attached hydrogens (tertiary/aromatic N) is 3. The Morgan fingerprint density at radius 3 is 2.39 bits per heavy atom. The molecule has 0 saturated heterocycles. The van der Waals surface area contributed by atoms with Crippen molar-refractivity contribution in [3.63, 3.8) is 0 Å². The Hall–Kier alpha value is -3.47. The monoisotopic (exact) mass is 517 g/mol. The Morgan fingerprint density at radius 2 is 1.82 bits per heavy atom. The van der Waals surface area contributed by atoms with Gasteiger partial charge in [-0.25, -0.2) is 4.98 Å². The van der Waals surface area contributed by atoms with Crippen molar-refractivity contribution in [1.29, 1.82) is 5.26 Å². The first-order valence-electron chi connectivity index (χ1n) is 13.2. The summed E-state index contributed by atoms with van der Waals surface area (Å²) in [6.45, 7) is 10.6. The van der Waals surface area contributed by atoms with Gasteiger partial charge in [-0.2, -0.15) is 5.26 Å². The second-order valence-corrected chi connectivity index (χ2v) is 11.0. The molecule has 0 radical (unpaired) electrons. The predicted molar refractivity (Wildman–Crippen MR) is 148 cm³/mol. The Kier molecular flexibility index (Phi) is 9.84. The van der Waals surface area contributed by atoms with Crippen LogP contribution in [-0.4, -0.2) is 44.9 Å². The molecule has 1 atom stereocenters. The molecule has 2 aromatic carbocycles. The smallest absolute Gasteiger partial charge is 0.163 e. The van der Waals surface area contributed by atoms with E-state index in [-0.39, 0.29) is 42.9 Å². The number of aliphatic hydroxyl groups is 2. The van der Waals surface area contributed by atoms with Crippen molar-refractivity contribution in [3.8, 4) is 23.1 Å². The van der Waals surface area contributed by atoms with Crippen LogP contribution < -0.4 is 4.74 Å². The number of benzene rings is 2. The molecule has 0 unspecified atom stereocenters. The van der Waals surface area contributed by atoms with Gasteiger partial charge in [-0.3, -0.25) is 4.79 Å². The molecule has 0 aliphatic rings. The molecule has 7 nitrogen and oxygen atoms in total. The lowest BCUT2D eigenvalue weighted by Gasteiger charge is -2.19. The lowest BCUT2D eigenvalue weighted by atomic mass is 9.89. The maximum Gasteiger partial charge on any atom is 0.163 e. The van der Waals surface area contributed by atoms with Gasteiger partial charge in [0.1, 0.15) is 17.6 Å². The summed E-state index contributed by atoms with van der Waals surface area (Å²) in [5.74, 6) is 1.31. The average Bonchev–Trinajstić information content (AvgIpc) is 3.29. The molecule has 1 heterocycles. The fraction of sp³-hybridized carbons (Fsp3) is 0.452. The van der Waals surface area contributed by atoms with E-state index in [1.165, 1.54) is 0 Å². The van der Waals surface area contributed by atoms with Crippen LogP contribution in [0.2, 0.25) is 0 Å². The molecule has 38 heavy (non-hydrogen) atoms. The highest BCUT2D eigenvalue weighted by molar-refractivity contribution is 5.96. The van der Waals surface area contributed by atoms with Crippen molar-refractivity contribution in [2.45, 2.75) is 71.9 Å². The third-order valence-electron chi connectivity index (χ3n) is 6.36. The molecule has 3 rings (SSSR count). The van der Waals surface area contributed by atoms with E-state index < -0.39 is 0 Å². The zero-order valence-corrected chi connectivity index (χ0v) is 23.1. The largest absolute Gasteiger partial charge is 0.490 e. The third kappa shape index (κ3) is 7.53. The Morgan fingerprint density at radius 1 is 1.11 bits per heavy atom. The summed E-state index contributed by atoms with van der Waals surface area (Å²) in [6.07, 6.45) is 3.34. The Labute approximate surface area is 225 Å². The first-order valence-corrected chi connectivity index (χ1v) is 13.2. The SMILES string of the molecule is CC(C)Oc1ccc(C(=O)C[C@H](CCO)Cc2ccc(-c3cn(CCO)c(C(C)(C)C)n3)cc2)cc1C#N. The summed E-state index contributed by atoms with van der Waals surface area (Å²) in [5.41, 5.74) is 3.59. The minimum atomic E-state index is -0.146. The number of carbonyl (C=O) groups is 1. The number of ether oxygens (including phenoxy) is 1. The van der Waals surface area contributed by atoms with Crippen molar-refractivity contribution in [1.82, 2.24) is 9.55 Å². The lowest BCUT2D eigenvalue weighted by molar-refractivity contribution is 0.0953. The number of carbonyl (C=O) groups excluding carboxylic acids is 1. The van der Waals surface area contributed by atoms with Crippen molar-refractivity contribution >= 4 is 5.78 Å². The number of rotatable bonds is 12. The summed E-state index contributed by atoms with van der Waals surface area (Å²) in [5, 5.41) is 28.6. The maximum absolute atomic E-state index is 13.1. The van der Waals surface area contributed by atoms with E-state index in [4.69, 9.17) is 9.72 Å². The molecule has 0 aliphatic heterocycles. The van der Waals surface area contributed by atoms with Crippen LogP contribution >= 0.6 is 0 Å². The van der Waals surface area contributed by atoms with Gasteiger partial charge in [-0.1, -0.05) is 45.0 Å². The summed E-state index contributed by atoms with van der Waals surface area (Å²) in [6, 6.07) is 15.2. The molecule has 2 N–H and O–H groups in total. The highest BCUT2D eigenvalue weighted by Crippen LogP contribution is 2.28. The number of hydrogen-bond acceptors (Lipinski definition) is 6. The molecule has 3 aromatic rings. The zero-order valence-electron chi connectivity index (χ0n) is 23.1. The van der Waals surface area contributed by atoms with E-state index in [1.54, 1.807) is 18.2 Å². The molecule has 0 amide bonds. The normalized spacial score (nSPS) is 12.4. The second-order valence-electron chi connectivity index (χ2n) is 11.0. The molecule has 0 fully saturated rings. The molecule has 7 heteroatoms. The van der Waals surface area contributed by atoms with Gasteiger partial charge in [0.2, 0.25) is 0 Å². The molecule has 0 saturated carbocycles. The van der Waals surface area contributed by atoms with Gasteiger partial charge in [0.05, 0.1) is 24.0 Å². The van der Waals surface area contributed by atoms with Gasteiger partial charge in [0, 0.05) is 42.3 Å².